The molecule has 0 unspecified atom stereocenters. The summed E-state index contributed by atoms with van der Waals surface area (Å²) < 4.78 is 34.3. The van der Waals surface area contributed by atoms with Gasteiger partial charge < -0.3 is 4.52 Å². The Bertz CT molecular complexity index is 1250. The van der Waals surface area contributed by atoms with E-state index in [0.717, 1.165) is 24.1 Å². The van der Waals surface area contributed by atoms with Crippen molar-refractivity contribution >= 4 is 27.5 Å². The van der Waals surface area contributed by atoms with E-state index in [0.29, 0.717) is 35.3 Å². The van der Waals surface area contributed by atoms with Crippen LogP contribution in [-0.4, -0.2) is 26.0 Å². The highest BCUT2D eigenvalue weighted by Gasteiger charge is 2.31. The van der Waals surface area contributed by atoms with E-state index in [9.17, 15) is 13.2 Å². The average molecular weight is 440 g/mol. The molecular formula is C23H25N3O4S. The second kappa shape index (κ2) is 8.19. The molecule has 0 aliphatic carbocycles. The van der Waals surface area contributed by atoms with Crippen LogP contribution in [0.5, 0.6) is 0 Å². The van der Waals surface area contributed by atoms with Crippen LogP contribution in [0.25, 0.3) is 11.1 Å². The van der Waals surface area contributed by atoms with Crippen LogP contribution < -0.4 is 9.62 Å². The molecule has 31 heavy (non-hydrogen) atoms. The second-order valence-electron chi connectivity index (χ2n) is 7.66. The molecular weight excluding hydrogens is 414 g/mol. The first kappa shape index (κ1) is 21.1. The molecule has 0 radical (unpaired) electrons. The summed E-state index contributed by atoms with van der Waals surface area (Å²) in [5.74, 6) is -0.0650. The largest absolute Gasteiger partial charge is 0.337 e. The number of rotatable bonds is 5. The van der Waals surface area contributed by atoms with Crippen molar-refractivity contribution in [2.45, 2.75) is 44.9 Å². The molecule has 3 aromatic rings. The Morgan fingerprint density at radius 2 is 2.00 bits per heavy atom. The molecule has 1 amide bonds. The van der Waals surface area contributed by atoms with Crippen molar-refractivity contribution in [2.75, 3.05) is 16.2 Å². The van der Waals surface area contributed by atoms with Crippen molar-refractivity contribution < 1.29 is 17.7 Å². The predicted molar refractivity (Wildman–Crippen MR) is 120 cm³/mol. The van der Waals surface area contributed by atoms with Crippen LogP contribution in [-0.2, 0) is 27.7 Å². The van der Waals surface area contributed by atoms with Crippen LogP contribution in [0.15, 0.2) is 51.9 Å². The maximum atomic E-state index is 13.7. The lowest BCUT2D eigenvalue weighted by Gasteiger charge is -2.31. The fourth-order valence-electron chi connectivity index (χ4n) is 4.01. The van der Waals surface area contributed by atoms with Gasteiger partial charge in [0.25, 0.3) is 10.0 Å². The number of nitrogens with one attached hydrogen (secondary N) is 1. The second-order valence-corrected chi connectivity index (χ2v) is 9.49. The summed E-state index contributed by atoms with van der Waals surface area (Å²) in [6, 6.07) is 12.9. The first-order valence-corrected chi connectivity index (χ1v) is 11.7. The SMILES string of the molecule is CCc1noc(NC(C)=O)c1-c1ccc(C)c(S(=O)(=O)N2CCCc3ccccc32)c1. The van der Waals surface area contributed by atoms with E-state index in [-0.39, 0.29) is 16.7 Å². The molecule has 1 aromatic heterocycles. The third-order valence-corrected chi connectivity index (χ3v) is 7.45. The number of sulfonamides is 1. The maximum Gasteiger partial charge on any atom is 0.264 e. The van der Waals surface area contributed by atoms with Gasteiger partial charge in [-0.2, -0.15) is 0 Å². The van der Waals surface area contributed by atoms with Crippen molar-refractivity contribution in [1.82, 2.24) is 5.16 Å². The van der Waals surface area contributed by atoms with Crippen LogP contribution >= 0.6 is 0 Å². The highest BCUT2D eigenvalue weighted by molar-refractivity contribution is 7.92. The molecule has 162 valence electrons. The summed E-state index contributed by atoms with van der Waals surface area (Å²) >= 11 is 0. The molecule has 7 nitrogen and oxygen atoms in total. The molecule has 1 aliphatic heterocycles. The number of hydrogen-bond acceptors (Lipinski definition) is 5. The van der Waals surface area contributed by atoms with Crippen LogP contribution in [0, 0.1) is 6.92 Å². The van der Waals surface area contributed by atoms with Gasteiger partial charge in [-0.15, -0.1) is 0 Å². The van der Waals surface area contributed by atoms with Crippen LogP contribution in [0.1, 0.15) is 37.1 Å². The lowest BCUT2D eigenvalue weighted by Crippen LogP contribution is -2.35. The Kier molecular flexibility index (Phi) is 5.58. The third kappa shape index (κ3) is 3.83. The van der Waals surface area contributed by atoms with Gasteiger partial charge in [-0.25, -0.2) is 8.42 Å². The number of nitrogens with zero attached hydrogens (tertiary/aromatic N) is 2. The van der Waals surface area contributed by atoms with E-state index >= 15 is 0 Å². The first-order chi connectivity index (χ1) is 14.8. The summed E-state index contributed by atoms with van der Waals surface area (Å²) in [5.41, 5.74) is 4.31. The predicted octanol–water partition coefficient (Wildman–Crippen LogP) is 4.31. The summed E-state index contributed by atoms with van der Waals surface area (Å²) in [4.78, 5) is 11.8. The lowest BCUT2D eigenvalue weighted by molar-refractivity contribution is -0.114. The van der Waals surface area contributed by atoms with E-state index < -0.39 is 10.0 Å². The van der Waals surface area contributed by atoms with Crippen molar-refractivity contribution in [1.29, 1.82) is 0 Å². The van der Waals surface area contributed by atoms with Gasteiger partial charge in [0.1, 0.15) is 0 Å². The van der Waals surface area contributed by atoms with Gasteiger partial charge >= 0.3 is 0 Å². The summed E-state index contributed by atoms with van der Waals surface area (Å²) in [6.07, 6.45) is 2.21. The number of anilines is 2. The molecule has 4 rings (SSSR count). The molecule has 2 aromatic carbocycles. The Morgan fingerprint density at radius 1 is 1.23 bits per heavy atom. The molecule has 0 saturated carbocycles. The van der Waals surface area contributed by atoms with Gasteiger partial charge in [0, 0.05) is 13.5 Å². The van der Waals surface area contributed by atoms with E-state index in [4.69, 9.17) is 4.52 Å². The van der Waals surface area contributed by atoms with Gasteiger partial charge in [0.15, 0.2) is 0 Å². The Morgan fingerprint density at radius 3 is 2.74 bits per heavy atom. The maximum absolute atomic E-state index is 13.7. The molecule has 0 saturated heterocycles. The quantitative estimate of drug-likeness (QED) is 0.639. The Balaban J connectivity index is 1.84. The number of aromatic nitrogens is 1. The topological polar surface area (TPSA) is 92.5 Å². The molecule has 1 N–H and O–H groups in total. The van der Waals surface area contributed by atoms with Crippen molar-refractivity contribution in [2.24, 2.45) is 0 Å². The van der Waals surface area contributed by atoms with E-state index in [1.54, 1.807) is 19.1 Å². The standard InChI is InChI=1S/C23H25N3O4S/c1-4-19-22(23(30-25-19)24-16(3)27)18-12-11-15(2)21(14-18)31(28,29)26-13-7-9-17-8-5-6-10-20(17)26/h5-6,8,10-12,14H,4,7,9,13H2,1-3H3,(H,24,27). The van der Waals surface area contributed by atoms with Crippen molar-refractivity contribution in [3.05, 3.63) is 59.3 Å². The van der Waals surface area contributed by atoms with Crippen LogP contribution in [0.4, 0.5) is 11.6 Å². The zero-order chi connectivity index (χ0) is 22.2. The summed E-state index contributed by atoms with van der Waals surface area (Å²) in [6.45, 7) is 5.54. The van der Waals surface area contributed by atoms with E-state index in [2.05, 4.69) is 10.5 Å². The Hall–Kier alpha value is -3.13. The van der Waals surface area contributed by atoms with Crippen LogP contribution in [0.3, 0.4) is 0 Å². The number of hydrogen-bond donors (Lipinski definition) is 1. The minimum atomic E-state index is -3.78. The van der Waals surface area contributed by atoms with Gasteiger partial charge in [0.05, 0.1) is 21.8 Å². The fourth-order valence-corrected chi connectivity index (χ4v) is 5.80. The number of carbonyl (C=O) groups is 1. The molecule has 0 spiro atoms. The number of benzene rings is 2. The number of amides is 1. The summed E-state index contributed by atoms with van der Waals surface area (Å²) in [7, 11) is -3.78. The van der Waals surface area contributed by atoms with Gasteiger partial charge in [-0.05, 0) is 55.0 Å². The zero-order valence-electron chi connectivity index (χ0n) is 17.8. The van der Waals surface area contributed by atoms with E-state index in [1.807, 2.05) is 37.3 Å². The van der Waals surface area contributed by atoms with Gasteiger partial charge in [-0.1, -0.05) is 42.4 Å². The average Bonchev–Trinajstić information content (AvgIpc) is 3.15. The normalized spacial score (nSPS) is 13.7. The lowest BCUT2D eigenvalue weighted by atomic mass is 10.0. The van der Waals surface area contributed by atoms with Crippen molar-refractivity contribution in [3.63, 3.8) is 0 Å². The van der Waals surface area contributed by atoms with Crippen molar-refractivity contribution in [3.8, 4) is 11.1 Å². The third-order valence-electron chi connectivity index (χ3n) is 5.50. The molecule has 0 atom stereocenters. The van der Waals surface area contributed by atoms with E-state index in [1.165, 1.54) is 11.2 Å². The highest BCUT2D eigenvalue weighted by atomic mass is 32.2. The number of carbonyl (C=O) groups excluding carboxylic acids is 1. The molecule has 2 heterocycles. The molecule has 8 heteroatoms. The monoisotopic (exact) mass is 439 g/mol. The summed E-state index contributed by atoms with van der Waals surface area (Å²) in [5, 5.41) is 6.70. The van der Waals surface area contributed by atoms with Gasteiger partial charge in [-0.3, -0.25) is 14.4 Å². The number of fused-ring (bicyclic) bond motifs is 1. The van der Waals surface area contributed by atoms with Crippen LogP contribution in [0.2, 0.25) is 0 Å². The molecule has 0 fully saturated rings. The fraction of sp³-hybridized carbons (Fsp3) is 0.304. The smallest absolute Gasteiger partial charge is 0.264 e. The minimum Gasteiger partial charge on any atom is -0.337 e. The zero-order valence-corrected chi connectivity index (χ0v) is 18.6. The van der Waals surface area contributed by atoms with Gasteiger partial charge in [0.2, 0.25) is 11.8 Å². The minimum absolute atomic E-state index is 0.222. The molecule has 0 bridgehead atoms. The Labute approximate surface area is 182 Å². The molecule has 1 aliphatic rings. The number of aryl methyl sites for hydroxylation is 3. The highest BCUT2D eigenvalue weighted by Crippen LogP contribution is 2.37. The number of para-hydroxylation sites is 1. The first-order valence-electron chi connectivity index (χ1n) is 10.3.